The van der Waals surface area contributed by atoms with Crippen molar-refractivity contribution in [3.05, 3.63) is 82.2 Å². The fraction of sp³-hybridized carbons (Fsp3) is 0.308. The summed E-state index contributed by atoms with van der Waals surface area (Å²) in [5.74, 6) is 0.689. The number of carbonyl (C=O) groups is 2. The number of hydrogen-bond acceptors (Lipinski definition) is 3. The highest BCUT2D eigenvalue weighted by Gasteiger charge is 2.17. The van der Waals surface area contributed by atoms with Crippen molar-refractivity contribution in [1.82, 2.24) is 4.57 Å². The normalized spacial score (nSPS) is 15.1. The molecule has 1 heterocycles. The Kier molecular flexibility index (Phi) is 5.58. The van der Waals surface area contributed by atoms with E-state index >= 15 is 0 Å². The van der Waals surface area contributed by atoms with Crippen LogP contribution in [0.3, 0.4) is 0 Å². The van der Waals surface area contributed by atoms with E-state index < -0.39 is 0 Å². The number of aromatic nitrogens is 1. The molecule has 0 saturated carbocycles. The molecule has 0 atom stereocenters. The van der Waals surface area contributed by atoms with Crippen molar-refractivity contribution >= 4 is 17.3 Å². The van der Waals surface area contributed by atoms with Gasteiger partial charge >= 0.3 is 0 Å². The molecule has 4 heteroatoms. The van der Waals surface area contributed by atoms with Crippen LogP contribution in [0.15, 0.2) is 48.5 Å². The molecule has 0 spiro atoms. The van der Waals surface area contributed by atoms with Gasteiger partial charge in [0.15, 0.2) is 0 Å². The number of aryl methyl sites for hydroxylation is 4. The summed E-state index contributed by atoms with van der Waals surface area (Å²) in [6.45, 7) is 4.22. The summed E-state index contributed by atoms with van der Waals surface area (Å²) in [6, 6.07) is 16.6. The van der Waals surface area contributed by atoms with Gasteiger partial charge in [-0.15, -0.1) is 0 Å². The Bertz CT molecular complexity index is 1100. The van der Waals surface area contributed by atoms with Crippen LogP contribution in [-0.2, 0) is 35.3 Å². The summed E-state index contributed by atoms with van der Waals surface area (Å²) in [6.07, 6.45) is 4.35. The zero-order valence-electron chi connectivity index (χ0n) is 17.7. The lowest BCUT2D eigenvalue weighted by atomic mass is 9.90. The maximum absolute atomic E-state index is 11.6. The van der Waals surface area contributed by atoms with Gasteiger partial charge in [0.2, 0.25) is 0 Å². The summed E-state index contributed by atoms with van der Waals surface area (Å²) in [4.78, 5) is 22.6. The summed E-state index contributed by atoms with van der Waals surface area (Å²) in [5, 5.41) is 0. The van der Waals surface area contributed by atoms with Gasteiger partial charge in [-0.3, -0.25) is 9.59 Å². The molecule has 0 saturated heterocycles. The van der Waals surface area contributed by atoms with E-state index in [1.165, 1.54) is 33.8 Å². The van der Waals surface area contributed by atoms with Crippen molar-refractivity contribution in [2.75, 3.05) is 5.73 Å². The standard InChI is InChI=1S/C16H17NO.C10H11NO/c1-11-3-4-12(2)17(11)15-7-5-13-6-8-16(18)10-14(13)9-15;11-9-3-1-7-2-4-10(12)6-8(7)5-9/h3-5,7,9H,6,8,10H2,1-2H3;1,3,5H,2,4,6,11H2. The molecule has 0 fully saturated rings. The van der Waals surface area contributed by atoms with Gasteiger partial charge in [0.1, 0.15) is 11.6 Å². The molecule has 2 aromatic carbocycles. The quantitative estimate of drug-likeness (QED) is 0.613. The van der Waals surface area contributed by atoms with Crippen LogP contribution >= 0.6 is 0 Å². The Hall–Kier alpha value is -3.14. The van der Waals surface area contributed by atoms with Crippen LogP contribution < -0.4 is 5.73 Å². The fourth-order valence-corrected chi connectivity index (χ4v) is 4.44. The number of nitrogens with zero attached hydrogens (tertiary/aromatic N) is 1. The first kappa shape index (κ1) is 20.1. The molecule has 0 aliphatic heterocycles. The molecule has 0 radical (unpaired) electrons. The zero-order valence-corrected chi connectivity index (χ0v) is 17.7. The lowest BCUT2D eigenvalue weighted by molar-refractivity contribution is -0.119. The molecule has 2 aliphatic rings. The summed E-state index contributed by atoms with van der Waals surface area (Å²) in [5.41, 5.74) is 14.9. The van der Waals surface area contributed by atoms with Gasteiger partial charge in [0.05, 0.1) is 0 Å². The van der Waals surface area contributed by atoms with Crippen LogP contribution in [0.1, 0.15) is 46.5 Å². The summed E-state index contributed by atoms with van der Waals surface area (Å²) in [7, 11) is 0. The summed E-state index contributed by atoms with van der Waals surface area (Å²) < 4.78 is 2.24. The number of ketones is 2. The van der Waals surface area contributed by atoms with Gasteiger partial charge in [-0.05, 0) is 85.3 Å². The molecule has 0 bridgehead atoms. The predicted octanol–water partition coefficient (Wildman–Crippen LogP) is 4.48. The molecule has 30 heavy (non-hydrogen) atoms. The number of anilines is 1. The smallest absolute Gasteiger partial charge is 0.137 e. The van der Waals surface area contributed by atoms with E-state index in [-0.39, 0.29) is 0 Å². The number of carbonyl (C=O) groups excluding carboxylic acids is 2. The second-order valence-electron chi connectivity index (χ2n) is 8.36. The third-order valence-corrected chi connectivity index (χ3v) is 6.07. The SMILES string of the molecule is Cc1ccc(C)n1-c1ccc2c(c1)CC(=O)CC2.Nc1ccc2c(c1)CC(=O)CC2. The Morgan fingerprint density at radius 1 is 0.667 bits per heavy atom. The van der Waals surface area contributed by atoms with Crippen molar-refractivity contribution in [2.24, 2.45) is 0 Å². The average Bonchev–Trinajstić information content (AvgIpc) is 3.05. The number of benzene rings is 2. The first-order valence-electron chi connectivity index (χ1n) is 10.6. The second-order valence-corrected chi connectivity index (χ2v) is 8.36. The van der Waals surface area contributed by atoms with E-state index in [0.29, 0.717) is 37.2 Å². The fourth-order valence-electron chi connectivity index (χ4n) is 4.44. The van der Waals surface area contributed by atoms with Crippen LogP contribution in [0.5, 0.6) is 0 Å². The minimum absolute atomic E-state index is 0.327. The van der Waals surface area contributed by atoms with E-state index in [9.17, 15) is 9.59 Å². The average molecular weight is 401 g/mol. The van der Waals surface area contributed by atoms with E-state index in [2.05, 4.69) is 48.7 Å². The second kappa shape index (κ2) is 8.31. The molecule has 2 aliphatic carbocycles. The topological polar surface area (TPSA) is 65.1 Å². The third kappa shape index (κ3) is 4.23. The van der Waals surface area contributed by atoms with Gasteiger partial charge in [0.25, 0.3) is 0 Å². The monoisotopic (exact) mass is 400 g/mol. The molecule has 3 aromatic rings. The van der Waals surface area contributed by atoms with Gasteiger partial charge in [0, 0.05) is 48.4 Å². The first-order chi connectivity index (χ1) is 14.4. The molecule has 1 aromatic heterocycles. The highest BCUT2D eigenvalue weighted by atomic mass is 16.1. The Labute approximate surface area is 177 Å². The molecule has 154 valence electrons. The Morgan fingerprint density at radius 2 is 1.20 bits per heavy atom. The molecule has 4 nitrogen and oxygen atoms in total. The zero-order chi connectivity index (χ0) is 21.3. The maximum Gasteiger partial charge on any atom is 0.137 e. The number of rotatable bonds is 1. The van der Waals surface area contributed by atoms with Crippen molar-refractivity contribution in [3.63, 3.8) is 0 Å². The highest BCUT2D eigenvalue weighted by molar-refractivity contribution is 5.84. The van der Waals surface area contributed by atoms with E-state index in [0.717, 1.165) is 24.1 Å². The Balaban J connectivity index is 0.000000158. The molecule has 0 unspecified atom stereocenters. The lowest BCUT2D eigenvalue weighted by Gasteiger charge is -2.17. The van der Waals surface area contributed by atoms with Crippen LogP contribution in [0.4, 0.5) is 5.69 Å². The number of nitrogens with two attached hydrogens (primary N) is 1. The van der Waals surface area contributed by atoms with Crippen LogP contribution in [0.2, 0.25) is 0 Å². The van der Waals surface area contributed by atoms with Crippen molar-refractivity contribution in [3.8, 4) is 5.69 Å². The summed E-state index contributed by atoms with van der Waals surface area (Å²) >= 11 is 0. The minimum atomic E-state index is 0.327. The van der Waals surface area contributed by atoms with Crippen molar-refractivity contribution in [2.45, 2.75) is 52.4 Å². The van der Waals surface area contributed by atoms with E-state index in [1.54, 1.807) is 0 Å². The lowest BCUT2D eigenvalue weighted by Crippen LogP contribution is -2.14. The van der Waals surface area contributed by atoms with Crippen LogP contribution in [-0.4, -0.2) is 16.1 Å². The first-order valence-corrected chi connectivity index (χ1v) is 10.6. The highest BCUT2D eigenvalue weighted by Crippen LogP contribution is 2.24. The maximum atomic E-state index is 11.6. The van der Waals surface area contributed by atoms with Gasteiger partial charge in [-0.25, -0.2) is 0 Å². The number of Topliss-reactive ketones (excluding diaryl/α,β-unsaturated/α-hetero) is 2. The van der Waals surface area contributed by atoms with Gasteiger partial charge in [-0.1, -0.05) is 12.1 Å². The number of hydrogen-bond donors (Lipinski definition) is 1. The van der Waals surface area contributed by atoms with E-state index in [1.807, 2.05) is 18.2 Å². The molecular weight excluding hydrogens is 372 g/mol. The van der Waals surface area contributed by atoms with Crippen molar-refractivity contribution in [1.29, 1.82) is 0 Å². The van der Waals surface area contributed by atoms with Gasteiger partial charge < -0.3 is 10.3 Å². The molecule has 0 amide bonds. The van der Waals surface area contributed by atoms with Gasteiger partial charge in [-0.2, -0.15) is 0 Å². The van der Waals surface area contributed by atoms with E-state index in [4.69, 9.17) is 5.73 Å². The van der Waals surface area contributed by atoms with Crippen LogP contribution in [0.25, 0.3) is 5.69 Å². The largest absolute Gasteiger partial charge is 0.399 e. The van der Waals surface area contributed by atoms with Crippen molar-refractivity contribution < 1.29 is 9.59 Å². The number of nitrogen functional groups attached to an aromatic ring is 1. The molecular formula is C26H28N2O2. The minimum Gasteiger partial charge on any atom is -0.399 e. The third-order valence-electron chi connectivity index (χ3n) is 6.07. The van der Waals surface area contributed by atoms with Crippen LogP contribution in [0, 0.1) is 13.8 Å². The predicted molar refractivity (Wildman–Crippen MR) is 120 cm³/mol. The Morgan fingerprint density at radius 3 is 1.80 bits per heavy atom. The molecule has 5 rings (SSSR count). The number of fused-ring (bicyclic) bond motifs is 2. The molecule has 2 N–H and O–H groups in total.